The van der Waals surface area contributed by atoms with Crippen molar-refractivity contribution in [1.82, 2.24) is 14.5 Å². The number of pyridine rings is 1. The molecule has 18 heavy (non-hydrogen) atoms. The van der Waals surface area contributed by atoms with Crippen LogP contribution < -0.4 is 0 Å². The van der Waals surface area contributed by atoms with Crippen LogP contribution in [0.15, 0.2) is 40.9 Å². The molecule has 0 fully saturated rings. The minimum absolute atomic E-state index is 0.905. The summed E-state index contributed by atoms with van der Waals surface area (Å²) in [4.78, 5) is 9.16. The molecule has 3 aromatic rings. The van der Waals surface area contributed by atoms with Gasteiger partial charge >= 0.3 is 0 Å². The number of aromatic nitrogens is 3. The summed E-state index contributed by atoms with van der Waals surface area (Å²) in [5, 5.41) is 0. The van der Waals surface area contributed by atoms with Crippen LogP contribution in [0.4, 0.5) is 0 Å². The zero-order valence-electron chi connectivity index (χ0n) is 10.2. The average Bonchev–Trinajstić information content (AvgIpc) is 2.69. The Morgan fingerprint density at radius 2 is 1.78 bits per heavy atom. The summed E-state index contributed by atoms with van der Waals surface area (Å²) in [7, 11) is 0. The topological polar surface area (TPSA) is 30.7 Å². The molecule has 0 unspecified atom stereocenters. The summed E-state index contributed by atoms with van der Waals surface area (Å²) in [5.41, 5.74) is 3.06. The number of rotatable bonds is 1. The molecule has 0 saturated carbocycles. The van der Waals surface area contributed by atoms with Crippen molar-refractivity contribution >= 4 is 27.0 Å². The van der Waals surface area contributed by atoms with Crippen molar-refractivity contribution in [3.8, 4) is 5.82 Å². The fourth-order valence-electron chi connectivity index (χ4n) is 2.09. The summed E-state index contributed by atoms with van der Waals surface area (Å²) < 4.78 is 3.10. The monoisotopic (exact) mass is 301 g/mol. The van der Waals surface area contributed by atoms with Crippen LogP contribution in [-0.4, -0.2) is 14.5 Å². The van der Waals surface area contributed by atoms with Gasteiger partial charge in [-0.05, 0) is 54.0 Å². The quantitative estimate of drug-likeness (QED) is 0.684. The van der Waals surface area contributed by atoms with Gasteiger partial charge in [-0.25, -0.2) is 9.97 Å². The molecule has 0 bridgehead atoms. The van der Waals surface area contributed by atoms with Gasteiger partial charge in [-0.3, -0.25) is 4.57 Å². The molecule has 2 aromatic heterocycles. The molecule has 0 atom stereocenters. The molecule has 0 aliphatic heterocycles. The highest BCUT2D eigenvalue weighted by Crippen LogP contribution is 2.22. The second kappa shape index (κ2) is 4.21. The van der Waals surface area contributed by atoms with E-state index in [0.29, 0.717) is 0 Å². The molecule has 4 heteroatoms. The molecule has 90 valence electrons. The van der Waals surface area contributed by atoms with E-state index in [0.717, 1.165) is 32.8 Å². The fourth-order valence-corrected chi connectivity index (χ4v) is 2.31. The molecular formula is C14H12BrN3. The van der Waals surface area contributed by atoms with Crippen molar-refractivity contribution in [1.29, 1.82) is 0 Å². The van der Waals surface area contributed by atoms with Gasteiger partial charge in [0.1, 0.15) is 11.6 Å². The Labute approximate surface area is 114 Å². The summed E-state index contributed by atoms with van der Waals surface area (Å²) in [6, 6.07) is 12.1. The van der Waals surface area contributed by atoms with Crippen LogP contribution in [0.25, 0.3) is 16.9 Å². The first kappa shape index (κ1) is 11.4. The lowest BCUT2D eigenvalue weighted by Crippen LogP contribution is -2.01. The number of hydrogen-bond acceptors (Lipinski definition) is 2. The Kier molecular flexibility index (Phi) is 2.67. The van der Waals surface area contributed by atoms with Gasteiger partial charge in [0.05, 0.1) is 16.7 Å². The highest BCUT2D eigenvalue weighted by Gasteiger charge is 2.10. The van der Waals surface area contributed by atoms with Crippen molar-refractivity contribution in [3.05, 3.63) is 52.4 Å². The predicted molar refractivity (Wildman–Crippen MR) is 76.0 cm³/mol. The Hall–Kier alpha value is -1.68. The molecule has 0 N–H and O–H groups in total. The molecule has 2 heterocycles. The molecule has 0 spiro atoms. The van der Waals surface area contributed by atoms with Gasteiger partial charge in [-0.15, -0.1) is 0 Å². The largest absolute Gasteiger partial charge is 0.281 e. The maximum absolute atomic E-state index is 4.60. The van der Waals surface area contributed by atoms with Gasteiger partial charge in [0, 0.05) is 4.47 Å². The van der Waals surface area contributed by atoms with Gasteiger partial charge in [-0.1, -0.05) is 12.1 Å². The van der Waals surface area contributed by atoms with Gasteiger partial charge in [0.15, 0.2) is 0 Å². The molecule has 0 saturated heterocycles. The summed E-state index contributed by atoms with van der Waals surface area (Å²) in [6.07, 6.45) is 0. The van der Waals surface area contributed by atoms with Crippen molar-refractivity contribution in [2.75, 3.05) is 0 Å². The van der Waals surface area contributed by atoms with E-state index in [-0.39, 0.29) is 0 Å². The maximum Gasteiger partial charge on any atom is 0.138 e. The van der Waals surface area contributed by atoms with Crippen LogP contribution in [0.5, 0.6) is 0 Å². The van der Waals surface area contributed by atoms with Crippen LogP contribution in [0, 0.1) is 13.8 Å². The van der Waals surface area contributed by atoms with E-state index < -0.39 is 0 Å². The molecular weight excluding hydrogens is 290 g/mol. The van der Waals surface area contributed by atoms with Crippen molar-refractivity contribution in [2.45, 2.75) is 13.8 Å². The van der Waals surface area contributed by atoms with Gasteiger partial charge in [0.2, 0.25) is 0 Å². The second-order valence-corrected chi connectivity index (χ2v) is 5.07. The molecule has 1 aromatic carbocycles. The highest BCUT2D eigenvalue weighted by atomic mass is 79.9. The number of hydrogen-bond donors (Lipinski definition) is 0. The Bertz CT molecular complexity index is 731. The summed E-state index contributed by atoms with van der Waals surface area (Å²) in [5.74, 6) is 1.85. The number of fused-ring (bicyclic) bond motifs is 1. The predicted octanol–water partition coefficient (Wildman–Crippen LogP) is 3.80. The van der Waals surface area contributed by atoms with Gasteiger partial charge < -0.3 is 0 Å². The number of imidazole rings is 1. The number of para-hydroxylation sites is 2. The van der Waals surface area contributed by atoms with E-state index in [1.807, 2.05) is 44.2 Å². The lowest BCUT2D eigenvalue weighted by molar-refractivity contribution is 0.942. The second-order valence-electron chi connectivity index (χ2n) is 4.22. The van der Waals surface area contributed by atoms with Crippen LogP contribution in [0.3, 0.4) is 0 Å². The Morgan fingerprint density at radius 1 is 1.00 bits per heavy atom. The van der Waals surface area contributed by atoms with Gasteiger partial charge in [0.25, 0.3) is 0 Å². The van der Waals surface area contributed by atoms with Crippen molar-refractivity contribution in [2.24, 2.45) is 0 Å². The zero-order chi connectivity index (χ0) is 12.7. The van der Waals surface area contributed by atoms with Crippen LogP contribution >= 0.6 is 15.9 Å². The van der Waals surface area contributed by atoms with E-state index in [9.17, 15) is 0 Å². The van der Waals surface area contributed by atoms with E-state index in [1.165, 1.54) is 0 Å². The smallest absolute Gasteiger partial charge is 0.138 e. The third-order valence-corrected chi connectivity index (χ3v) is 3.80. The van der Waals surface area contributed by atoms with Crippen LogP contribution in [-0.2, 0) is 0 Å². The molecule has 3 nitrogen and oxygen atoms in total. The molecule has 0 aliphatic carbocycles. The summed E-state index contributed by atoms with van der Waals surface area (Å²) in [6.45, 7) is 3.99. The number of halogens is 1. The summed E-state index contributed by atoms with van der Waals surface area (Å²) >= 11 is 3.47. The zero-order valence-corrected chi connectivity index (χ0v) is 11.8. The molecule has 0 radical (unpaired) electrons. The van der Waals surface area contributed by atoms with E-state index in [1.54, 1.807) is 0 Å². The average molecular weight is 302 g/mol. The molecule has 3 rings (SSSR count). The van der Waals surface area contributed by atoms with Crippen molar-refractivity contribution < 1.29 is 0 Å². The SMILES string of the molecule is Cc1nc(-n2c(C)nc3ccccc32)ccc1Br. The minimum Gasteiger partial charge on any atom is -0.281 e. The number of aryl methyl sites for hydroxylation is 2. The Balaban J connectivity index is 2.30. The molecule has 0 aliphatic rings. The normalized spacial score (nSPS) is 11.1. The van der Waals surface area contributed by atoms with E-state index in [2.05, 4.69) is 36.5 Å². The highest BCUT2D eigenvalue weighted by molar-refractivity contribution is 9.10. The first-order chi connectivity index (χ1) is 8.66. The van der Waals surface area contributed by atoms with Gasteiger partial charge in [-0.2, -0.15) is 0 Å². The lowest BCUT2D eigenvalue weighted by atomic mass is 10.3. The molecule has 0 amide bonds. The fraction of sp³-hybridized carbons (Fsp3) is 0.143. The minimum atomic E-state index is 0.905. The van der Waals surface area contributed by atoms with Crippen LogP contribution in [0.1, 0.15) is 11.5 Å². The van der Waals surface area contributed by atoms with Crippen molar-refractivity contribution in [3.63, 3.8) is 0 Å². The Morgan fingerprint density at radius 3 is 2.56 bits per heavy atom. The third kappa shape index (κ3) is 1.73. The van der Waals surface area contributed by atoms with Crippen LogP contribution in [0.2, 0.25) is 0 Å². The number of benzene rings is 1. The first-order valence-electron chi connectivity index (χ1n) is 5.74. The van der Waals surface area contributed by atoms with E-state index >= 15 is 0 Å². The maximum atomic E-state index is 4.60. The standard InChI is InChI=1S/C14H12BrN3/c1-9-11(15)7-8-14(16-9)18-10(2)17-12-5-3-4-6-13(12)18/h3-8H,1-2H3. The lowest BCUT2D eigenvalue weighted by Gasteiger charge is -2.07. The number of nitrogens with zero attached hydrogens (tertiary/aromatic N) is 3. The van der Waals surface area contributed by atoms with E-state index in [4.69, 9.17) is 0 Å². The first-order valence-corrected chi connectivity index (χ1v) is 6.54. The third-order valence-electron chi connectivity index (χ3n) is 2.96.